The van der Waals surface area contributed by atoms with E-state index in [2.05, 4.69) is 19.0 Å². The zero-order valence-corrected chi connectivity index (χ0v) is 16.7. The first-order valence-electron chi connectivity index (χ1n) is 8.46. The van der Waals surface area contributed by atoms with Gasteiger partial charge in [0.1, 0.15) is 5.75 Å². The second-order valence-electron chi connectivity index (χ2n) is 6.35. The molecule has 1 unspecified atom stereocenters. The summed E-state index contributed by atoms with van der Waals surface area (Å²) in [6.07, 6.45) is -3.42. The van der Waals surface area contributed by atoms with Crippen LogP contribution in [0.5, 0.6) is 5.75 Å². The van der Waals surface area contributed by atoms with Gasteiger partial charge in [0.25, 0.3) is 5.91 Å². The van der Waals surface area contributed by atoms with Gasteiger partial charge in [-0.3, -0.25) is 4.79 Å². The van der Waals surface area contributed by atoms with Crippen molar-refractivity contribution in [3.05, 3.63) is 65.5 Å². The third kappa shape index (κ3) is 5.23. The molecule has 0 aliphatic heterocycles. The summed E-state index contributed by atoms with van der Waals surface area (Å²) in [6.45, 7) is 0. The van der Waals surface area contributed by atoms with E-state index in [0.29, 0.717) is 11.3 Å². The van der Waals surface area contributed by atoms with Crippen molar-refractivity contribution in [3.8, 4) is 17.1 Å². The van der Waals surface area contributed by atoms with Crippen LogP contribution in [-0.4, -0.2) is 33.6 Å². The number of carbonyl (C=O) groups excluding carboxylic acids is 1. The molecule has 3 rings (SSSR count). The number of nitrogens with zero attached hydrogens (tertiary/aromatic N) is 3. The number of aromatic nitrogens is 2. The number of halogens is 3. The van der Waals surface area contributed by atoms with Crippen LogP contribution in [0.3, 0.4) is 0 Å². The highest BCUT2D eigenvalue weighted by molar-refractivity contribution is 7.92. The smallest absolute Gasteiger partial charge is 0.471 e. The third-order valence-corrected chi connectivity index (χ3v) is 5.33. The van der Waals surface area contributed by atoms with E-state index in [0.717, 1.165) is 0 Å². The van der Waals surface area contributed by atoms with Crippen molar-refractivity contribution in [1.82, 2.24) is 10.1 Å². The van der Waals surface area contributed by atoms with E-state index in [1.807, 2.05) is 0 Å². The summed E-state index contributed by atoms with van der Waals surface area (Å²) < 4.78 is 63.7. The SMILES string of the molecule is COc1ccc(CS(C)(=O)=NC(=O)c2cccc(-c3noc(C(F)(F)F)n3)c2)cc1. The maximum Gasteiger partial charge on any atom is 0.471 e. The summed E-state index contributed by atoms with van der Waals surface area (Å²) in [5, 5.41) is 3.28. The number of ether oxygens (including phenoxy) is 1. The normalized spacial score (nSPS) is 13.5. The van der Waals surface area contributed by atoms with Crippen LogP contribution in [0.2, 0.25) is 0 Å². The fraction of sp³-hybridized carbons (Fsp3) is 0.211. The zero-order chi connectivity index (χ0) is 21.9. The van der Waals surface area contributed by atoms with Crippen molar-refractivity contribution in [2.75, 3.05) is 13.4 Å². The Morgan fingerprint density at radius 2 is 1.90 bits per heavy atom. The Labute approximate surface area is 170 Å². The monoisotopic (exact) mass is 439 g/mol. The molecule has 1 atom stereocenters. The molecular formula is C19H16F3N3O4S. The minimum absolute atomic E-state index is 0.0372. The Morgan fingerprint density at radius 3 is 2.50 bits per heavy atom. The Balaban J connectivity index is 1.83. The lowest BCUT2D eigenvalue weighted by Gasteiger charge is -2.06. The minimum Gasteiger partial charge on any atom is -0.497 e. The van der Waals surface area contributed by atoms with E-state index in [1.54, 1.807) is 24.3 Å². The van der Waals surface area contributed by atoms with Crippen LogP contribution >= 0.6 is 0 Å². The maximum atomic E-state index is 12.8. The second-order valence-corrected chi connectivity index (χ2v) is 8.74. The highest BCUT2D eigenvalue weighted by Crippen LogP contribution is 2.29. The van der Waals surface area contributed by atoms with Gasteiger partial charge in [0, 0.05) is 17.4 Å². The van der Waals surface area contributed by atoms with Gasteiger partial charge in [0.05, 0.1) is 22.6 Å². The molecule has 30 heavy (non-hydrogen) atoms. The van der Waals surface area contributed by atoms with Crippen LogP contribution in [0.25, 0.3) is 11.4 Å². The first-order valence-corrected chi connectivity index (χ1v) is 10.5. The maximum absolute atomic E-state index is 12.8. The van der Waals surface area contributed by atoms with Crippen LogP contribution < -0.4 is 4.74 Å². The fourth-order valence-electron chi connectivity index (χ4n) is 2.54. The van der Waals surface area contributed by atoms with Gasteiger partial charge in [0.15, 0.2) is 0 Å². The van der Waals surface area contributed by atoms with Crippen molar-refractivity contribution in [2.24, 2.45) is 4.36 Å². The average molecular weight is 439 g/mol. The molecule has 158 valence electrons. The number of amides is 1. The number of carbonyl (C=O) groups is 1. The predicted octanol–water partition coefficient (Wildman–Crippen LogP) is 4.20. The van der Waals surface area contributed by atoms with Gasteiger partial charge in [-0.15, -0.1) is 0 Å². The van der Waals surface area contributed by atoms with Crippen molar-refractivity contribution in [3.63, 3.8) is 0 Å². The molecule has 7 nitrogen and oxygen atoms in total. The molecule has 3 aromatic rings. The Hall–Kier alpha value is -3.21. The number of hydrogen-bond donors (Lipinski definition) is 0. The van der Waals surface area contributed by atoms with Gasteiger partial charge < -0.3 is 9.26 Å². The molecule has 0 spiro atoms. The molecule has 1 aromatic heterocycles. The summed E-state index contributed by atoms with van der Waals surface area (Å²) in [6, 6.07) is 12.4. The lowest BCUT2D eigenvalue weighted by atomic mass is 10.1. The summed E-state index contributed by atoms with van der Waals surface area (Å²) in [5.74, 6) is -1.90. The molecule has 1 amide bonds. The van der Waals surface area contributed by atoms with E-state index in [9.17, 15) is 22.2 Å². The van der Waals surface area contributed by atoms with Crippen molar-refractivity contribution in [1.29, 1.82) is 0 Å². The molecule has 11 heteroatoms. The number of rotatable bonds is 5. The van der Waals surface area contributed by atoms with E-state index in [4.69, 9.17) is 4.74 Å². The van der Waals surface area contributed by atoms with Crippen molar-refractivity contribution < 1.29 is 31.4 Å². The van der Waals surface area contributed by atoms with Gasteiger partial charge in [-0.2, -0.15) is 22.5 Å². The Morgan fingerprint density at radius 1 is 1.20 bits per heavy atom. The van der Waals surface area contributed by atoms with Crippen LogP contribution in [0.1, 0.15) is 21.8 Å². The van der Waals surface area contributed by atoms with Gasteiger partial charge in [0.2, 0.25) is 5.82 Å². The largest absolute Gasteiger partial charge is 0.497 e. The Bertz CT molecular complexity index is 1180. The standard InChI is InChI=1S/C19H16F3N3O4S/c1-28-15-8-6-12(7-9-15)11-30(2,27)25-17(26)14-5-3-4-13(10-14)16-23-18(29-24-16)19(20,21)22/h3-10H,11H2,1-2H3. The number of benzene rings is 2. The molecule has 0 saturated carbocycles. The molecular weight excluding hydrogens is 423 g/mol. The summed E-state index contributed by atoms with van der Waals surface area (Å²) in [4.78, 5) is 15.8. The molecule has 1 heterocycles. The quantitative estimate of drug-likeness (QED) is 0.591. The molecule has 0 radical (unpaired) electrons. The topological polar surface area (TPSA) is 94.7 Å². The second kappa shape index (κ2) is 8.27. The predicted molar refractivity (Wildman–Crippen MR) is 102 cm³/mol. The fourth-order valence-corrected chi connectivity index (χ4v) is 3.87. The molecule has 2 aromatic carbocycles. The van der Waals surface area contributed by atoms with Gasteiger partial charge in [-0.1, -0.05) is 29.4 Å². The van der Waals surface area contributed by atoms with Crippen molar-refractivity contribution in [2.45, 2.75) is 11.9 Å². The summed E-state index contributed by atoms with van der Waals surface area (Å²) in [5.41, 5.74) is 0.878. The first kappa shape index (κ1) is 21.5. The first-order chi connectivity index (χ1) is 14.1. The van der Waals surface area contributed by atoms with E-state index in [-0.39, 0.29) is 22.7 Å². The van der Waals surface area contributed by atoms with E-state index in [1.165, 1.54) is 37.6 Å². The number of methoxy groups -OCH3 is 1. The molecule has 0 bridgehead atoms. The highest BCUT2D eigenvalue weighted by Gasteiger charge is 2.38. The molecule has 0 fully saturated rings. The number of hydrogen-bond acceptors (Lipinski definition) is 6. The van der Waals surface area contributed by atoms with Gasteiger partial charge in [-0.25, -0.2) is 4.21 Å². The number of alkyl halides is 3. The van der Waals surface area contributed by atoms with E-state index >= 15 is 0 Å². The molecule has 0 saturated heterocycles. The van der Waals surface area contributed by atoms with Crippen LogP contribution in [0, 0.1) is 0 Å². The van der Waals surface area contributed by atoms with Crippen molar-refractivity contribution >= 4 is 15.6 Å². The lowest BCUT2D eigenvalue weighted by molar-refractivity contribution is -0.159. The van der Waals surface area contributed by atoms with Gasteiger partial charge >= 0.3 is 12.1 Å². The highest BCUT2D eigenvalue weighted by atomic mass is 32.2. The van der Waals surface area contributed by atoms with Gasteiger partial charge in [-0.05, 0) is 29.8 Å². The third-order valence-electron chi connectivity index (χ3n) is 3.91. The van der Waals surface area contributed by atoms with E-state index < -0.39 is 27.7 Å². The van der Waals surface area contributed by atoms with Crippen LogP contribution in [0.15, 0.2) is 57.4 Å². The van der Waals surface area contributed by atoms with Crippen LogP contribution in [0.4, 0.5) is 13.2 Å². The summed E-state index contributed by atoms with van der Waals surface area (Å²) >= 11 is 0. The lowest BCUT2D eigenvalue weighted by Crippen LogP contribution is -2.06. The molecule has 0 aliphatic rings. The average Bonchev–Trinajstić information content (AvgIpc) is 3.19. The Kier molecular flexibility index (Phi) is 5.92. The van der Waals surface area contributed by atoms with Crippen LogP contribution in [-0.2, 0) is 21.7 Å². The molecule has 0 N–H and O–H groups in total. The zero-order valence-electron chi connectivity index (χ0n) is 15.8. The minimum atomic E-state index is -4.77. The summed E-state index contributed by atoms with van der Waals surface area (Å²) in [7, 11) is -1.38. The molecule has 0 aliphatic carbocycles.